The van der Waals surface area contributed by atoms with Crippen LogP contribution < -0.4 is 0 Å². The summed E-state index contributed by atoms with van der Waals surface area (Å²) < 4.78 is 5.83. The molecule has 1 fully saturated rings. The first-order valence-electron chi connectivity index (χ1n) is 8.88. The second-order valence-electron chi connectivity index (χ2n) is 6.81. The molecule has 3 rings (SSSR count). The Kier molecular flexibility index (Phi) is 5.50. The van der Waals surface area contributed by atoms with E-state index < -0.39 is 0 Å². The lowest BCUT2D eigenvalue weighted by molar-refractivity contribution is -0.151. The summed E-state index contributed by atoms with van der Waals surface area (Å²) in [4.78, 5) is 15.2. The lowest BCUT2D eigenvalue weighted by Gasteiger charge is -2.25. The Hall–Kier alpha value is -1.61. The average Bonchev–Trinajstić information content (AvgIpc) is 3.22. The van der Waals surface area contributed by atoms with E-state index in [0.29, 0.717) is 0 Å². The van der Waals surface area contributed by atoms with E-state index in [1.807, 2.05) is 37.3 Å². The number of hydrogen-bond donors (Lipinski definition) is 0. The van der Waals surface area contributed by atoms with E-state index in [2.05, 4.69) is 17.1 Å². The lowest BCUT2D eigenvalue weighted by atomic mass is 9.85. The number of ether oxygens (including phenoxy) is 1. The number of allylic oxidation sites excluding steroid dienone is 2. The Balaban J connectivity index is 1.66. The Morgan fingerprint density at radius 1 is 1.26 bits per heavy atom. The number of hydrogen-bond acceptors (Lipinski definition) is 3. The molecule has 0 amide bonds. The fourth-order valence-corrected chi connectivity index (χ4v) is 3.79. The molecule has 1 aliphatic carbocycles. The molecule has 2 aliphatic rings. The SMILES string of the molecule is C[C@H](CN1CCCC1)OC(=O)[C@@H](c1ccccc1)[C@H]1C=CCC1. The van der Waals surface area contributed by atoms with Crippen LogP contribution in [-0.2, 0) is 9.53 Å². The number of esters is 1. The van der Waals surface area contributed by atoms with Gasteiger partial charge in [0.2, 0.25) is 0 Å². The molecule has 1 heterocycles. The molecular formula is C20H27NO2. The quantitative estimate of drug-likeness (QED) is 0.591. The zero-order valence-corrected chi connectivity index (χ0v) is 14.0. The first-order valence-corrected chi connectivity index (χ1v) is 8.88. The van der Waals surface area contributed by atoms with Crippen molar-refractivity contribution in [3.63, 3.8) is 0 Å². The zero-order chi connectivity index (χ0) is 16.1. The number of carbonyl (C=O) groups excluding carboxylic acids is 1. The van der Waals surface area contributed by atoms with Gasteiger partial charge >= 0.3 is 5.97 Å². The van der Waals surface area contributed by atoms with E-state index in [-0.39, 0.29) is 23.9 Å². The second kappa shape index (κ2) is 7.78. The molecule has 0 N–H and O–H groups in total. The molecule has 1 aromatic carbocycles. The fourth-order valence-electron chi connectivity index (χ4n) is 3.79. The maximum absolute atomic E-state index is 12.8. The number of likely N-dealkylation sites (tertiary alicyclic amines) is 1. The molecule has 3 atom stereocenters. The minimum absolute atomic E-state index is 0.0443. The molecule has 0 bridgehead atoms. The largest absolute Gasteiger partial charge is 0.461 e. The highest BCUT2D eigenvalue weighted by atomic mass is 16.5. The molecule has 0 aromatic heterocycles. The first-order chi connectivity index (χ1) is 11.2. The Bertz CT molecular complexity index is 534. The van der Waals surface area contributed by atoms with E-state index in [9.17, 15) is 4.79 Å². The van der Waals surface area contributed by atoms with Gasteiger partial charge in [0.05, 0.1) is 5.92 Å². The summed E-state index contributed by atoms with van der Waals surface area (Å²) in [5.41, 5.74) is 1.07. The van der Waals surface area contributed by atoms with Crippen molar-refractivity contribution in [3.8, 4) is 0 Å². The summed E-state index contributed by atoms with van der Waals surface area (Å²) >= 11 is 0. The third kappa shape index (κ3) is 4.23. The molecular weight excluding hydrogens is 286 g/mol. The normalized spacial score (nSPS) is 23.8. The summed E-state index contributed by atoms with van der Waals surface area (Å²) in [5, 5.41) is 0. The van der Waals surface area contributed by atoms with Gasteiger partial charge < -0.3 is 4.74 Å². The van der Waals surface area contributed by atoms with Crippen molar-refractivity contribution in [2.45, 2.75) is 44.6 Å². The van der Waals surface area contributed by atoms with Crippen LogP contribution in [0.1, 0.15) is 44.1 Å². The second-order valence-corrected chi connectivity index (χ2v) is 6.81. The predicted octanol–water partition coefficient (Wildman–Crippen LogP) is 3.76. The van der Waals surface area contributed by atoms with Crippen molar-refractivity contribution in [3.05, 3.63) is 48.0 Å². The van der Waals surface area contributed by atoms with E-state index in [0.717, 1.165) is 38.0 Å². The van der Waals surface area contributed by atoms with Crippen molar-refractivity contribution in [2.24, 2.45) is 5.92 Å². The number of nitrogens with zero attached hydrogens (tertiary/aromatic N) is 1. The van der Waals surface area contributed by atoms with Crippen molar-refractivity contribution >= 4 is 5.97 Å². The van der Waals surface area contributed by atoms with Gasteiger partial charge in [-0.1, -0.05) is 42.5 Å². The summed E-state index contributed by atoms with van der Waals surface area (Å²) in [5.74, 6) is 0.0271. The topological polar surface area (TPSA) is 29.5 Å². The van der Waals surface area contributed by atoms with Crippen LogP contribution in [0.25, 0.3) is 0 Å². The highest BCUT2D eigenvalue weighted by molar-refractivity contribution is 5.79. The van der Waals surface area contributed by atoms with Gasteiger partial charge in [-0.05, 0) is 57.2 Å². The third-order valence-corrected chi connectivity index (χ3v) is 4.92. The van der Waals surface area contributed by atoms with Crippen LogP contribution in [0, 0.1) is 5.92 Å². The molecule has 0 unspecified atom stereocenters. The highest BCUT2D eigenvalue weighted by Gasteiger charge is 2.32. The van der Waals surface area contributed by atoms with Crippen molar-refractivity contribution in [2.75, 3.05) is 19.6 Å². The van der Waals surface area contributed by atoms with Crippen molar-refractivity contribution in [1.82, 2.24) is 4.90 Å². The minimum Gasteiger partial charge on any atom is -0.461 e. The monoisotopic (exact) mass is 313 g/mol. The highest BCUT2D eigenvalue weighted by Crippen LogP contribution is 2.34. The Morgan fingerprint density at radius 3 is 2.65 bits per heavy atom. The van der Waals surface area contributed by atoms with Crippen LogP contribution in [0.5, 0.6) is 0 Å². The maximum atomic E-state index is 12.8. The fraction of sp³-hybridized carbons (Fsp3) is 0.550. The van der Waals surface area contributed by atoms with Crippen LogP contribution in [0.15, 0.2) is 42.5 Å². The van der Waals surface area contributed by atoms with Gasteiger partial charge in [0.15, 0.2) is 0 Å². The molecule has 1 aliphatic heterocycles. The van der Waals surface area contributed by atoms with Crippen LogP contribution in [0.3, 0.4) is 0 Å². The predicted molar refractivity (Wildman–Crippen MR) is 92.3 cm³/mol. The maximum Gasteiger partial charge on any atom is 0.314 e. The van der Waals surface area contributed by atoms with E-state index >= 15 is 0 Å². The molecule has 3 nitrogen and oxygen atoms in total. The average molecular weight is 313 g/mol. The minimum atomic E-state index is -0.170. The van der Waals surface area contributed by atoms with Crippen LogP contribution in [0.4, 0.5) is 0 Å². The Labute approximate surface area is 139 Å². The number of benzene rings is 1. The lowest BCUT2D eigenvalue weighted by Crippen LogP contribution is -2.33. The summed E-state index contributed by atoms with van der Waals surface area (Å²) in [6.45, 7) is 5.14. The van der Waals surface area contributed by atoms with Gasteiger partial charge in [0, 0.05) is 6.54 Å². The molecule has 0 radical (unpaired) electrons. The molecule has 0 spiro atoms. The molecule has 0 saturated carbocycles. The van der Waals surface area contributed by atoms with Gasteiger partial charge in [-0.2, -0.15) is 0 Å². The molecule has 23 heavy (non-hydrogen) atoms. The summed E-state index contributed by atoms with van der Waals surface area (Å²) in [6.07, 6.45) is 8.95. The van der Waals surface area contributed by atoms with Gasteiger partial charge in [-0.15, -0.1) is 0 Å². The molecule has 1 saturated heterocycles. The summed E-state index contributed by atoms with van der Waals surface area (Å²) in [7, 11) is 0. The van der Waals surface area contributed by atoms with Gasteiger partial charge in [-0.25, -0.2) is 0 Å². The van der Waals surface area contributed by atoms with Crippen molar-refractivity contribution in [1.29, 1.82) is 0 Å². The Morgan fingerprint density at radius 2 is 2.00 bits per heavy atom. The van der Waals surface area contributed by atoms with Gasteiger partial charge in [0.25, 0.3) is 0 Å². The van der Waals surface area contributed by atoms with Crippen molar-refractivity contribution < 1.29 is 9.53 Å². The van der Waals surface area contributed by atoms with Crippen LogP contribution in [-0.4, -0.2) is 36.6 Å². The van der Waals surface area contributed by atoms with E-state index in [1.54, 1.807) is 0 Å². The third-order valence-electron chi connectivity index (χ3n) is 4.92. The molecule has 124 valence electrons. The first kappa shape index (κ1) is 16.3. The molecule has 3 heteroatoms. The smallest absolute Gasteiger partial charge is 0.314 e. The molecule has 1 aromatic rings. The number of carbonyl (C=O) groups is 1. The van der Waals surface area contributed by atoms with Crippen LogP contribution >= 0.6 is 0 Å². The van der Waals surface area contributed by atoms with Crippen LogP contribution in [0.2, 0.25) is 0 Å². The zero-order valence-electron chi connectivity index (χ0n) is 14.0. The van der Waals surface area contributed by atoms with E-state index in [4.69, 9.17) is 4.74 Å². The number of rotatable bonds is 6. The van der Waals surface area contributed by atoms with Gasteiger partial charge in [-0.3, -0.25) is 9.69 Å². The summed E-state index contributed by atoms with van der Waals surface area (Å²) in [6, 6.07) is 10.1. The standard InChI is InChI=1S/C20H27NO2/c1-16(15-21-13-7-8-14-21)23-20(22)19(18-11-5-6-12-18)17-9-3-2-4-10-17/h2-5,9-11,16,18-19H,6-8,12-15H2,1H3/t16-,18+,19+/m1/s1. The van der Waals surface area contributed by atoms with E-state index in [1.165, 1.54) is 12.8 Å². The van der Waals surface area contributed by atoms with Gasteiger partial charge in [0.1, 0.15) is 6.10 Å².